The lowest BCUT2D eigenvalue weighted by Gasteiger charge is -2.21. The summed E-state index contributed by atoms with van der Waals surface area (Å²) in [7, 11) is -9.91. The molecule has 0 rings (SSSR count). The van der Waals surface area contributed by atoms with Gasteiger partial charge < -0.3 is 33.8 Å². The van der Waals surface area contributed by atoms with Crippen molar-refractivity contribution in [3.63, 3.8) is 0 Å². The fourth-order valence-electron chi connectivity index (χ4n) is 11.5. The highest BCUT2D eigenvalue weighted by molar-refractivity contribution is 7.47. The lowest BCUT2D eigenvalue weighted by atomic mass is 10.0. The number of rotatable bonds is 74. The minimum absolute atomic E-state index is 0.105. The molecule has 0 spiro atoms. The Labute approximate surface area is 575 Å². The molecule has 5 atom stereocenters. The molecule has 0 fully saturated rings. The van der Waals surface area contributed by atoms with Gasteiger partial charge in [-0.25, -0.2) is 9.13 Å². The largest absolute Gasteiger partial charge is 0.472 e. The number of carbonyl (C=O) groups is 4. The summed E-state index contributed by atoms with van der Waals surface area (Å²) >= 11 is 0. The maximum Gasteiger partial charge on any atom is 0.472 e. The summed E-state index contributed by atoms with van der Waals surface area (Å²) in [6.45, 7) is 9.54. The van der Waals surface area contributed by atoms with Crippen molar-refractivity contribution in [2.75, 3.05) is 39.6 Å². The highest BCUT2D eigenvalue weighted by atomic mass is 31.2. The van der Waals surface area contributed by atoms with Gasteiger partial charge in [0.15, 0.2) is 12.2 Å². The molecule has 2 unspecified atom stereocenters. The van der Waals surface area contributed by atoms with Gasteiger partial charge in [0.05, 0.1) is 26.4 Å². The van der Waals surface area contributed by atoms with E-state index in [4.69, 9.17) is 37.0 Å². The predicted octanol–water partition coefficient (Wildman–Crippen LogP) is 21.9. The fourth-order valence-corrected chi connectivity index (χ4v) is 13.1. The van der Waals surface area contributed by atoms with Crippen molar-refractivity contribution < 1.29 is 80.2 Å². The van der Waals surface area contributed by atoms with Crippen LogP contribution in [0.5, 0.6) is 0 Å². The molecule has 0 aromatic heterocycles. The Hall–Kier alpha value is -1.94. The molecule has 0 radical (unpaired) electrons. The molecule has 0 aliphatic heterocycles. The van der Waals surface area contributed by atoms with Gasteiger partial charge in [0, 0.05) is 25.7 Å². The summed E-state index contributed by atoms with van der Waals surface area (Å²) in [5.74, 6) is -0.624. The monoisotopic (exact) mass is 1380 g/mol. The molecule has 17 nitrogen and oxygen atoms in total. The van der Waals surface area contributed by atoms with Gasteiger partial charge in [-0.3, -0.25) is 37.3 Å². The van der Waals surface area contributed by atoms with Gasteiger partial charge in [0.1, 0.15) is 19.3 Å². The molecule has 0 aromatic rings. The number of aliphatic hydroxyl groups excluding tert-OH is 1. The van der Waals surface area contributed by atoms with Crippen LogP contribution in [0.1, 0.15) is 388 Å². The summed E-state index contributed by atoms with van der Waals surface area (Å²) in [6, 6.07) is 0. The minimum Gasteiger partial charge on any atom is -0.462 e. The molecule has 0 bridgehead atoms. The van der Waals surface area contributed by atoms with E-state index in [9.17, 15) is 43.2 Å². The zero-order chi connectivity index (χ0) is 69.3. The summed E-state index contributed by atoms with van der Waals surface area (Å²) < 4.78 is 68.4. The molecule has 0 saturated heterocycles. The van der Waals surface area contributed by atoms with Crippen molar-refractivity contribution >= 4 is 39.5 Å². The molecule has 558 valence electrons. The number of ether oxygens (including phenoxy) is 4. The quantitative estimate of drug-likeness (QED) is 0.0222. The van der Waals surface area contributed by atoms with Crippen LogP contribution in [0.3, 0.4) is 0 Å². The molecule has 94 heavy (non-hydrogen) atoms. The van der Waals surface area contributed by atoms with Crippen LogP contribution < -0.4 is 0 Å². The lowest BCUT2D eigenvalue weighted by molar-refractivity contribution is -0.161. The summed E-state index contributed by atoms with van der Waals surface area (Å²) in [4.78, 5) is 72.7. The summed E-state index contributed by atoms with van der Waals surface area (Å²) in [6.07, 6.45) is 54.2. The van der Waals surface area contributed by atoms with E-state index in [1.807, 2.05) is 0 Å². The number of phosphoric ester groups is 2. The van der Waals surface area contributed by atoms with Crippen LogP contribution >= 0.6 is 15.6 Å². The number of hydrogen-bond acceptors (Lipinski definition) is 15. The van der Waals surface area contributed by atoms with E-state index >= 15 is 0 Å². The Morgan fingerprint density at radius 3 is 0.723 bits per heavy atom. The highest BCUT2D eigenvalue weighted by Gasteiger charge is 2.30. The van der Waals surface area contributed by atoms with Gasteiger partial charge in [-0.1, -0.05) is 337 Å². The van der Waals surface area contributed by atoms with Crippen LogP contribution in [0.25, 0.3) is 0 Å². The standard InChI is InChI=1S/C75H146O17P2/c1-7-9-11-13-15-17-18-19-20-21-22-23-24-25-26-27-35-41-47-53-59-74(79)91-71(64-86-73(78)58-52-46-40-34-29-28-32-37-43-49-55-67(3)4)66-90-94(83,84)88-62-69(76)61-87-93(81,82)89-65-70(63-85-72(77)57-51-45-39-31-16-14-12-10-8-2)92-75(80)60-54-48-42-36-30-33-38-44-50-56-68(5)6/h67-71,76H,7-66H2,1-6H3,(H,81,82)(H,83,84)/t69-,70+,71+/m0/s1. The van der Waals surface area contributed by atoms with Gasteiger partial charge >= 0.3 is 39.5 Å². The van der Waals surface area contributed by atoms with Crippen LogP contribution in [-0.2, 0) is 65.4 Å². The van der Waals surface area contributed by atoms with Crippen molar-refractivity contribution in [2.45, 2.75) is 407 Å². The van der Waals surface area contributed by atoms with E-state index in [0.717, 1.165) is 102 Å². The second-order valence-electron chi connectivity index (χ2n) is 28.0. The molecule has 0 aliphatic carbocycles. The fraction of sp³-hybridized carbons (Fsp3) is 0.947. The Bertz CT molecular complexity index is 1820. The van der Waals surface area contributed by atoms with Crippen molar-refractivity contribution in [1.29, 1.82) is 0 Å². The number of phosphoric acid groups is 2. The Balaban J connectivity index is 5.20. The van der Waals surface area contributed by atoms with Gasteiger partial charge in [0.2, 0.25) is 0 Å². The van der Waals surface area contributed by atoms with E-state index in [1.165, 1.54) is 205 Å². The smallest absolute Gasteiger partial charge is 0.462 e. The maximum atomic E-state index is 13.1. The van der Waals surface area contributed by atoms with Crippen molar-refractivity contribution in [3.05, 3.63) is 0 Å². The molecule has 0 amide bonds. The van der Waals surface area contributed by atoms with E-state index in [1.54, 1.807) is 0 Å². The molecule has 0 saturated carbocycles. The first-order chi connectivity index (χ1) is 45.4. The van der Waals surface area contributed by atoms with Crippen molar-refractivity contribution in [3.8, 4) is 0 Å². The second-order valence-corrected chi connectivity index (χ2v) is 30.9. The first-order valence-corrected chi connectivity index (χ1v) is 42.0. The van der Waals surface area contributed by atoms with E-state index in [0.29, 0.717) is 25.7 Å². The number of esters is 4. The molecular weight excluding hydrogens is 1230 g/mol. The first-order valence-electron chi connectivity index (χ1n) is 39.0. The predicted molar refractivity (Wildman–Crippen MR) is 381 cm³/mol. The van der Waals surface area contributed by atoms with Gasteiger partial charge in [-0.15, -0.1) is 0 Å². The zero-order valence-corrected chi connectivity index (χ0v) is 63.1. The average Bonchev–Trinajstić information content (AvgIpc) is 1.31. The van der Waals surface area contributed by atoms with Crippen LogP contribution in [0, 0.1) is 11.8 Å². The van der Waals surface area contributed by atoms with Gasteiger partial charge in [-0.05, 0) is 37.5 Å². The third-order valence-corrected chi connectivity index (χ3v) is 19.4. The second kappa shape index (κ2) is 66.9. The Kier molecular flexibility index (Phi) is 65.5. The number of unbranched alkanes of at least 4 members (excludes halogenated alkanes) is 44. The average molecular weight is 1380 g/mol. The third-order valence-electron chi connectivity index (χ3n) is 17.5. The van der Waals surface area contributed by atoms with E-state index in [-0.39, 0.29) is 25.7 Å². The molecule has 0 aromatic carbocycles. The Morgan fingerprint density at radius 2 is 0.489 bits per heavy atom. The normalized spacial score (nSPS) is 14.0. The third kappa shape index (κ3) is 68.6. The molecule has 0 heterocycles. The van der Waals surface area contributed by atoms with Crippen molar-refractivity contribution in [2.24, 2.45) is 11.8 Å². The van der Waals surface area contributed by atoms with Crippen LogP contribution in [0.15, 0.2) is 0 Å². The minimum atomic E-state index is -4.96. The topological polar surface area (TPSA) is 237 Å². The molecule has 19 heteroatoms. The van der Waals surface area contributed by atoms with E-state index < -0.39 is 97.5 Å². The van der Waals surface area contributed by atoms with Gasteiger partial charge in [0.25, 0.3) is 0 Å². The van der Waals surface area contributed by atoms with E-state index in [2.05, 4.69) is 41.5 Å². The van der Waals surface area contributed by atoms with Crippen LogP contribution in [0.2, 0.25) is 0 Å². The maximum absolute atomic E-state index is 13.1. The van der Waals surface area contributed by atoms with Crippen LogP contribution in [-0.4, -0.2) is 96.7 Å². The Morgan fingerprint density at radius 1 is 0.287 bits per heavy atom. The molecule has 0 aliphatic rings. The zero-order valence-electron chi connectivity index (χ0n) is 61.3. The summed E-state index contributed by atoms with van der Waals surface area (Å²) in [5.41, 5.74) is 0. The lowest BCUT2D eigenvalue weighted by Crippen LogP contribution is -2.30. The SMILES string of the molecule is CCCCCCCCCCCCCCCCCCCCCCC(=O)O[C@H](COC(=O)CCCCCCCCCCCCC(C)C)COP(=O)(O)OC[C@@H](O)COP(=O)(O)OC[C@@H](COC(=O)CCCCCCCCCCC)OC(=O)CCCCCCCCCCCC(C)C. The van der Waals surface area contributed by atoms with Gasteiger partial charge in [-0.2, -0.15) is 0 Å². The number of carbonyl (C=O) groups excluding carboxylic acids is 4. The number of hydrogen-bond donors (Lipinski definition) is 3. The first kappa shape index (κ1) is 92.1. The number of aliphatic hydroxyl groups is 1. The highest BCUT2D eigenvalue weighted by Crippen LogP contribution is 2.45. The van der Waals surface area contributed by atoms with Crippen LogP contribution in [0.4, 0.5) is 0 Å². The molecule has 3 N–H and O–H groups in total. The summed E-state index contributed by atoms with van der Waals surface area (Å²) in [5, 5.41) is 10.6. The van der Waals surface area contributed by atoms with Crippen molar-refractivity contribution in [1.82, 2.24) is 0 Å². The molecular formula is C75H146O17P2.